The van der Waals surface area contributed by atoms with Crippen molar-refractivity contribution in [2.24, 2.45) is 5.92 Å². The van der Waals surface area contributed by atoms with Crippen LogP contribution < -0.4 is 10.6 Å². The van der Waals surface area contributed by atoms with Crippen molar-refractivity contribution in [3.8, 4) is 0 Å². The van der Waals surface area contributed by atoms with Crippen molar-refractivity contribution in [2.45, 2.75) is 38.7 Å². The topological polar surface area (TPSA) is 84.5 Å². The molecular formula is C21H24N2O4S. The third-order valence-corrected chi connectivity index (χ3v) is 6.21. The second kappa shape index (κ2) is 9.01. The molecule has 1 aliphatic rings. The average Bonchev–Trinajstić information content (AvgIpc) is 3.15. The van der Waals surface area contributed by atoms with Crippen LogP contribution in [0.1, 0.15) is 51.5 Å². The number of amides is 3. The first-order chi connectivity index (χ1) is 13.5. The van der Waals surface area contributed by atoms with Gasteiger partial charge in [-0.25, -0.2) is 9.59 Å². The number of aryl methyl sites for hydroxylation is 1. The summed E-state index contributed by atoms with van der Waals surface area (Å²) in [6, 6.07) is 9.91. The number of benzene rings is 1. The van der Waals surface area contributed by atoms with Gasteiger partial charge in [0, 0.05) is 17.5 Å². The Kier molecular flexibility index (Phi) is 6.46. The molecule has 7 heteroatoms. The number of imide groups is 1. The summed E-state index contributed by atoms with van der Waals surface area (Å²) in [4.78, 5) is 38.5. The van der Waals surface area contributed by atoms with E-state index in [4.69, 9.17) is 4.74 Å². The minimum atomic E-state index is -1.20. The highest BCUT2D eigenvalue weighted by atomic mass is 32.1. The van der Waals surface area contributed by atoms with Crippen LogP contribution in [0.15, 0.2) is 36.4 Å². The number of rotatable bonds is 5. The van der Waals surface area contributed by atoms with Gasteiger partial charge in [-0.2, -0.15) is 0 Å². The molecule has 3 rings (SSSR count). The molecule has 148 valence electrons. The number of urea groups is 1. The fourth-order valence-electron chi connectivity index (χ4n) is 3.35. The predicted octanol–water partition coefficient (Wildman–Crippen LogP) is 3.62. The number of ether oxygens (including phenoxy) is 1. The van der Waals surface area contributed by atoms with Crippen molar-refractivity contribution in [2.75, 3.05) is 7.05 Å². The van der Waals surface area contributed by atoms with Crippen molar-refractivity contribution >= 4 is 29.2 Å². The van der Waals surface area contributed by atoms with Gasteiger partial charge in [0.25, 0.3) is 5.91 Å². The molecule has 2 atom stereocenters. The molecular weight excluding hydrogens is 376 g/mol. The highest BCUT2D eigenvalue weighted by Crippen LogP contribution is 2.34. The molecule has 0 saturated carbocycles. The van der Waals surface area contributed by atoms with Crippen LogP contribution in [0.5, 0.6) is 0 Å². The number of esters is 1. The fraction of sp³-hybridized carbons (Fsp3) is 0.381. The number of nitrogens with one attached hydrogen (secondary N) is 2. The van der Waals surface area contributed by atoms with E-state index in [0.29, 0.717) is 16.4 Å². The zero-order valence-electron chi connectivity index (χ0n) is 16.0. The lowest BCUT2D eigenvalue weighted by atomic mass is 9.87. The Labute approximate surface area is 168 Å². The Hall–Kier alpha value is -2.67. The van der Waals surface area contributed by atoms with Crippen molar-refractivity contribution in [1.29, 1.82) is 0 Å². The second-order valence-electron chi connectivity index (χ2n) is 6.84. The van der Waals surface area contributed by atoms with E-state index >= 15 is 0 Å². The van der Waals surface area contributed by atoms with Crippen molar-refractivity contribution < 1.29 is 19.1 Å². The number of carbonyl (C=O) groups is 3. The van der Waals surface area contributed by atoms with Crippen LogP contribution in [-0.2, 0) is 22.4 Å². The van der Waals surface area contributed by atoms with Crippen LogP contribution in [0.25, 0.3) is 0 Å². The van der Waals surface area contributed by atoms with Crippen LogP contribution in [-0.4, -0.2) is 25.0 Å². The zero-order chi connectivity index (χ0) is 20.1. The van der Waals surface area contributed by atoms with Gasteiger partial charge in [0.15, 0.2) is 0 Å². The average molecular weight is 401 g/mol. The van der Waals surface area contributed by atoms with Crippen molar-refractivity contribution in [1.82, 2.24) is 10.6 Å². The first kappa shape index (κ1) is 20.1. The normalized spacial score (nSPS) is 16.6. The van der Waals surface area contributed by atoms with Crippen molar-refractivity contribution in [3.05, 3.63) is 57.3 Å². The molecule has 28 heavy (non-hydrogen) atoms. The van der Waals surface area contributed by atoms with Crippen LogP contribution >= 0.6 is 11.3 Å². The maximum Gasteiger partial charge on any atom is 0.349 e. The molecule has 0 bridgehead atoms. The molecule has 0 aliphatic heterocycles. The monoisotopic (exact) mass is 400 g/mol. The Bertz CT molecular complexity index is 863. The highest BCUT2D eigenvalue weighted by Gasteiger charge is 2.29. The zero-order valence-corrected chi connectivity index (χ0v) is 16.8. The van der Waals surface area contributed by atoms with Gasteiger partial charge in [0.05, 0.1) is 0 Å². The molecule has 6 nitrogen and oxygen atoms in total. The number of hydrogen-bond acceptors (Lipinski definition) is 5. The van der Waals surface area contributed by atoms with E-state index in [-0.39, 0.29) is 0 Å². The third-order valence-electron chi connectivity index (χ3n) is 4.99. The summed E-state index contributed by atoms with van der Waals surface area (Å²) in [7, 11) is 1.41. The largest absolute Gasteiger partial charge is 0.443 e. The Morgan fingerprint density at radius 1 is 1.25 bits per heavy atom. The quantitative estimate of drug-likeness (QED) is 0.751. The van der Waals surface area contributed by atoms with Crippen LogP contribution in [0.4, 0.5) is 4.79 Å². The van der Waals surface area contributed by atoms with Gasteiger partial charge in [-0.05, 0) is 36.8 Å². The van der Waals surface area contributed by atoms with Crippen molar-refractivity contribution in [3.63, 3.8) is 0 Å². The molecule has 2 N–H and O–H groups in total. The van der Waals surface area contributed by atoms with Gasteiger partial charge in [-0.1, -0.05) is 43.7 Å². The summed E-state index contributed by atoms with van der Waals surface area (Å²) in [5.41, 5.74) is 1.71. The molecule has 0 spiro atoms. The molecule has 1 aliphatic carbocycles. The first-order valence-electron chi connectivity index (χ1n) is 9.41. The van der Waals surface area contributed by atoms with Gasteiger partial charge in [0.1, 0.15) is 4.88 Å². The van der Waals surface area contributed by atoms with E-state index in [1.165, 1.54) is 28.8 Å². The van der Waals surface area contributed by atoms with E-state index in [1.807, 2.05) is 6.07 Å². The summed E-state index contributed by atoms with van der Waals surface area (Å²) in [6.07, 6.45) is 3.03. The van der Waals surface area contributed by atoms with Gasteiger partial charge in [0.2, 0.25) is 6.10 Å². The summed E-state index contributed by atoms with van der Waals surface area (Å²) in [6.45, 7) is 2.19. The van der Waals surface area contributed by atoms with Gasteiger partial charge in [-0.3, -0.25) is 10.1 Å². The van der Waals surface area contributed by atoms with Crippen LogP contribution in [0.3, 0.4) is 0 Å². The summed E-state index contributed by atoms with van der Waals surface area (Å²) in [5.74, 6) is -0.582. The fourth-order valence-corrected chi connectivity index (χ4v) is 4.45. The van der Waals surface area contributed by atoms with Gasteiger partial charge >= 0.3 is 12.0 Å². The summed E-state index contributed by atoms with van der Waals surface area (Å²) in [5, 5.41) is 4.51. The standard InChI is InChI=1S/C21H24N2O4S/c1-3-13-9-10-16-15(11-13)12-17(28-16)20(25)27-18(14-7-5-4-6-8-14)19(24)23-21(26)22-2/h4-8,12-13,18H,3,9-11H2,1-2H3,(H2,22,23,24,26)/t13-,18-/m0/s1. The van der Waals surface area contributed by atoms with E-state index < -0.39 is 24.0 Å². The maximum absolute atomic E-state index is 12.8. The molecule has 3 amide bonds. The molecule has 0 unspecified atom stereocenters. The Morgan fingerprint density at radius 2 is 2.00 bits per heavy atom. The molecule has 0 fully saturated rings. The molecule has 2 aromatic rings. The molecule has 1 aromatic heterocycles. The first-order valence-corrected chi connectivity index (χ1v) is 10.2. The van der Waals surface area contributed by atoms with E-state index in [2.05, 4.69) is 17.6 Å². The maximum atomic E-state index is 12.8. The lowest BCUT2D eigenvalue weighted by Crippen LogP contribution is -2.41. The van der Waals surface area contributed by atoms with E-state index in [0.717, 1.165) is 25.7 Å². The summed E-state index contributed by atoms with van der Waals surface area (Å²) < 4.78 is 5.54. The Morgan fingerprint density at radius 3 is 2.68 bits per heavy atom. The minimum absolute atomic E-state index is 0.496. The number of fused-ring (bicyclic) bond motifs is 1. The van der Waals surface area contributed by atoms with Gasteiger partial charge < -0.3 is 10.1 Å². The number of carbonyl (C=O) groups excluding carboxylic acids is 3. The Balaban J connectivity index is 1.79. The highest BCUT2D eigenvalue weighted by molar-refractivity contribution is 7.14. The van der Waals surface area contributed by atoms with Crippen LogP contribution in [0, 0.1) is 5.92 Å². The minimum Gasteiger partial charge on any atom is -0.443 e. The number of thiophene rings is 1. The second-order valence-corrected chi connectivity index (χ2v) is 7.98. The molecule has 0 radical (unpaired) electrons. The van der Waals surface area contributed by atoms with Gasteiger partial charge in [-0.15, -0.1) is 11.3 Å². The molecule has 1 aromatic carbocycles. The molecule has 1 heterocycles. The van der Waals surface area contributed by atoms with E-state index in [9.17, 15) is 14.4 Å². The summed E-state index contributed by atoms with van der Waals surface area (Å²) >= 11 is 1.44. The van der Waals surface area contributed by atoms with Crippen LogP contribution in [0.2, 0.25) is 0 Å². The lowest BCUT2D eigenvalue weighted by molar-refractivity contribution is -0.129. The third kappa shape index (κ3) is 4.59. The SMILES string of the molecule is CC[C@H]1CCc2sc(C(=O)O[C@H](C(=O)NC(=O)NC)c3ccccc3)cc2C1. The predicted molar refractivity (Wildman–Crippen MR) is 107 cm³/mol. The smallest absolute Gasteiger partial charge is 0.349 e. The molecule has 0 saturated heterocycles. The lowest BCUT2D eigenvalue weighted by Gasteiger charge is -2.19. The van der Waals surface area contributed by atoms with E-state index in [1.54, 1.807) is 30.3 Å². The number of hydrogen-bond donors (Lipinski definition) is 2.